The summed E-state index contributed by atoms with van der Waals surface area (Å²) in [6, 6.07) is 4.86. The van der Waals surface area contributed by atoms with Crippen molar-refractivity contribution in [3.05, 3.63) is 21.9 Å². The molecule has 0 amide bonds. The number of thiophene rings is 1. The maximum absolute atomic E-state index is 4.32. The highest BCUT2D eigenvalue weighted by Crippen LogP contribution is 2.14. The number of nitrogens with one attached hydrogen (secondary N) is 2. The highest BCUT2D eigenvalue weighted by Gasteiger charge is 2.20. The molecule has 2 heterocycles. The molecule has 0 saturated carbocycles. The summed E-state index contributed by atoms with van der Waals surface area (Å²) in [5.74, 6) is 0.884. The Hall–Kier alpha value is -0.380. The van der Waals surface area contributed by atoms with E-state index < -0.39 is 0 Å². The molecule has 0 aliphatic carbocycles. The van der Waals surface area contributed by atoms with E-state index in [0.717, 1.165) is 32.1 Å². The second kappa shape index (κ2) is 11.3. The van der Waals surface area contributed by atoms with Gasteiger partial charge in [0.1, 0.15) is 0 Å². The number of likely N-dealkylation sites (N-methyl/N-ethyl adjacent to an activating group) is 1. The van der Waals surface area contributed by atoms with Gasteiger partial charge in [-0.15, -0.1) is 35.3 Å². The number of piperazine rings is 1. The SMILES string of the molecule is CCN1CCN(C(C)CNC(=NC)NCc2ccc(C)s2)CC1.I. The Kier molecular flexibility index (Phi) is 10.2. The lowest BCUT2D eigenvalue weighted by molar-refractivity contribution is 0.107. The van der Waals surface area contributed by atoms with Crippen molar-refractivity contribution < 1.29 is 0 Å². The van der Waals surface area contributed by atoms with Crippen molar-refractivity contribution in [1.29, 1.82) is 0 Å². The molecule has 138 valence electrons. The minimum atomic E-state index is 0. The van der Waals surface area contributed by atoms with Crippen LogP contribution < -0.4 is 10.6 Å². The van der Waals surface area contributed by atoms with E-state index in [-0.39, 0.29) is 24.0 Å². The van der Waals surface area contributed by atoms with E-state index in [0.29, 0.717) is 6.04 Å². The first-order chi connectivity index (χ1) is 11.1. The number of aryl methyl sites for hydroxylation is 1. The van der Waals surface area contributed by atoms with Crippen LogP contribution in [-0.4, -0.2) is 68.1 Å². The average Bonchev–Trinajstić information content (AvgIpc) is 3.00. The van der Waals surface area contributed by atoms with Gasteiger partial charge in [-0.1, -0.05) is 6.92 Å². The highest BCUT2D eigenvalue weighted by molar-refractivity contribution is 14.0. The van der Waals surface area contributed by atoms with Crippen molar-refractivity contribution in [3.8, 4) is 0 Å². The Balaban J connectivity index is 0.00000288. The van der Waals surface area contributed by atoms with E-state index >= 15 is 0 Å². The van der Waals surface area contributed by atoms with Crippen LogP contribution in [0.3, 0.4) is 0 Å². The highest BCUT2D eigenvalue weighted by atomic mass is 127. The van der Waals surface area contributed by atoms with Crippen LogP contribution in [0, 0.1) is 6.92 Å². The number of hydrogen-bond donors (Lipinski definition) is 2. The van der Waals surface area contributed by atoms with Crippen molar-refractivity contribution in [1.82, 2.24) is 20.4 Å². The second-order valence-corrected chi connectivity index (χ2v) is 7.51. The van der Waals surface area contributed by atoms with Gasteiger partial charge in [-0.3, -0.25) is 9.89 Å². The Morgan fingerprint density at radius 2 is 1.96 bits per heavy atom. The summed E-state index contributed by atoms with van der Waals surface area (Å²) in [5.41, 5.74) is 0. The van der Waals surface area contributed by atoms with Gasteiger partial charge in [0, 0.05) is 55.6 Å². The van der Waals surface area contributed by atoms with Crippen LogP contribution in [-0.2, 0) is 6.54 Å². The summed E-state index contributed by atoms with van der Waals surface area (Å²) < 4.78 is 0. The fourth-order valence-electron chi connectivity index (χ4n) is 2.87. The molecule has 2 N–H and O–H groups in total. The monoisotopic (exact) mass is 465 g/mol. The molecule has 1 aliphatic rings. The maximum Gasteiger partial charge on any atom is 0.191 e. The molecule has 7 heteroatoms. The van der Waals surface area contributed by atoms with Crippen molar-refractivity contribution in [2.75, 3.05) is 46.3 Å². The molecule has 24 heavy (non-hydrogen) atoms. The third-order valence-corrected chi connectivity index (χ3v) is 5.49. The molecule has 0 radical (unpaired) electrons. The zero-order valence-electron chi connectivity index (χ0n) is 15.3. The number of aliphatic imine (C=N–C) groups is 1. The minimum absolute atomic E-state index is 0. The lowest BCUT2D eigenvalue weighted by atomic mass is 10.2. The van der Waals surface area contributed by atoms with Gasteiger partial charge in [0.2, 0.25) is 0 Å². The Labute approximate surface area is 167 Å². The van der Waals surface area contributed by atoms with E-state index in [9.17, 15) is 0 Å². The normalized spacial score (nSPS) is 18.1. The smallest absolute Gasteiger partial charge is 0.191 e. The van der Waals surface area contributed by atoms with Crippen molar-refractivity contribution in [2.45, 2.75) is 33.4 Å². The zero-order valence-corrected chi connectivity index (χ0v) is 18.5. The molecule has 1 aromatic rings. The lowest BCUT2D eigenvalue weighted by Gasteiger charge is -2.37. The van der Waals surface area contributed by atoms with Crippen LogP contribution in [0.4, 0.5) is 0 Å². The maximum atomic E-state index is 4.32. The van der Waals surface area contributed by atoms with E-state index in [2.05, 4.69) is 58.3 Å². The van der Waals surface area contributed by atoms with Crippen LogP contribution in [0.1, 0.15) is 23.6 Å². The van der Waals surface area contributed by atoms with Gasteiger partial charge in [-0.2, -0.15) is 0 Å². The fraction of sp³-hybridized carbons (Fsp3) is 0.706. The molecule has 1 unspecified atom stereocenters. The molecule has 2 rings (SSSR count). The fourth-order valence-corrected chi connectivity index (χ4v) is 3.70. The Bertz CT molecular complexity index is 497. The molecule has 0 aromatic carbocycles. The summed E-state index contributed by atoms with van der Waals surface area (Å²) in [5, 5.41) is 6.85. The van der Waals surface area contributed by atoms with Gasteiger partial charge in [0.25, 0.3) is 0 Å². The van der Waals surface area contributed by atoms with Gasteiger partial charge >= 0.3 is 0 Å². The molecule has 1 aliphatic heterocycles. The second-order valence-electron chi connectivity index (χ2n) is 6.14. The molecule has 1 fully saturated rings. The summed E-state index contributed by atoms with van der Waals surface area (Å²) in [4.78, 5) is 12.1. The molecule has 1 saturated heterocycles. The lowest BCUT2D eigenvalue weighted by Crippen LogP contribution is -2.53. The van der Waals surface area contributed by atoms with Crippen molar-refractivity contribution in [3.63, 3.8) is 0 Å². The van der Waals surface area contributed by atoms with Crippen molar-refractivity contribution in [2.24, 2.45) is 4.99 Å². The zero-order chi connectivity index (χ0) is 16.7. The Morgan fingerprint density at radius 1 is 1.25 bits per heavy atom. The predicted octanol–water partition coefficient (Wildman–Crippen LogP) is 2.37. The van der Waals surface area contributed by atoms with Gasteiger partial charge in [0.05, 0.1) is 6.54 Å². The molecular formula is C17H32IN5S. The molecule has 0 bridgehead atoms. The molecule has 1 atom stereocenters. The van der Waals surface area contributed by atoms with Crippen LogP contribution in [0.2, 0.25) is 0 Å². The third kappa shape index (κ3) is 6.85. The van der Waals surface area contributed by atoms with E-state index in [1.54, 1.807) is 0 Å². The average molecular weight is 465 g/mol. The number of hydrogen-bond acceptors (Lipinski definition) is 4. The predicted molar refractivity (Wildman–Crippen MR) is 116 cm³/mol. The van der Waals surface area contributed by atoms with E-state index in [1.165, 1.54) is 29.4 Å². The summed E-state index contributed by atoms with van der Waals surface area (Å²) >= 11 is 1.83. The molecule has 5 nitrogen and oxygen atoms in total. The molecule has 0 spiro atoms. The summed E-state index contributed by atoms with van der Waals surface area (Å²) in [7, 11) is 1.83. The summed E-state index contributed by atoms with van der Waals surface area (Å²) in [6.07, 6.45) is 0. The molecular weight excluding hydrogens is 433 g/mol. The van der Waals surface area contributed by atoms with Crippen LogP contribution in [0.25, 0.3) is 0 Å². The van der Waals surface area contributed by atoms with E-state index in [1.807, 2.05) is 18.4 Å². The minimum Gasteiger partial charge on any atom is -0.355 e. The number of rotatable bonds is 6. The van der Waals surface area contributed by atoms with Crippen LogP contribution in [0.5, 0.6) is 0 Å². The van der Waals surface area contributed by atoms with E-state index in [4.69, 9.17) is 0 Å². The Morgan fingerprint density at radius 3 is 2.50 bits per heavy atom. The first-order valence-corrected chi connectivity index (χ1v) is 9.40. The van der Waals surface area contributed by atoms with Gasteiger partial charge in [-0.05, 0) is 32.5 Å². The standard InChI is InChI=1S/C17H31N5S.HI/c1-5-21-8-10-22(11-9-21)14(2)12-19-17(18-4)20-13-16-7-6-15(3)23-16;/h6-7,14H,5,8-13H2,1-4H3,(H2,18,19,20);1H. The third-order valence-electron chi connectivity index (χ3n) is 4.49. The number of guanidine groups is 1. The largest absolute Gasteiger partial charge is 0.355 e. The number of halogens is 1. The topological polar surface area (TPSA) is 42.9 Å². The van der Waals surface area contributed by atoms with Crippen LogP contribution in [0.15, 0.2) is 17.1 Å². The quantitative estimate of drug-likeness (QED) is 0.385. The van der Waals surface area contributed by atoms with Crippen molar-refractivity contribution >= 4 is 41.3 Å². The number of nitrogens with zero attached hydrogens (tertiary/aromatic N) is 3. The first kappa shape index (κ1) is 21.7. The van der Waals surface area contributed by atoms with Crippen LogP contribution >= 0.6 is 35.3 Å². The van der Waals surface area contributed by atoms with Gasteiger partial charge in [-0.25, -0.2) is 0 Å². The van der Waals surface area contributed by atoms with Gasteiger partial charge in [0.15, 0.2) is 5.96 Å². The summed E-state index contributed by atoms with van der Waals surface area (Å²) in [6.45, 7) is 14.3. The van der Waals surface area contributed by atoms with Gasteiger partial charge < -0.3 is 15.5 Å². The molecule has 1 aromatic heterocycles. The first-order valence-electron chi connectivity index (χ1n) is 8.58.